The van der Waals surface area contributed by atoms with Gasteiger partial charge in [0.05, 0.1) is 11.5 Å². The molecule has 1 aromatic heterocycles. The minimum atomic E-state index is -0.257. The molecule has 3 saturated heterocycles. The molecule has 3 fully saturated rings. The molecule has 152 valence electrons. The van der Waals surface area contributed by atoms with Crippen molar-refractivity contribution in [3.05, 3.63) is 54.2 Å². The Morgan fingerprint density at radius 3 is 2.37 bits per heavy atom. The fourth-order valence-electron chi connectivity index (χ4n) is 4.99. The van der Waals surface area contributed by atoms with Crippen molar-refractivity contribution in [1.29, 1.82) is 5.26 Å². The number of rotatable bonds is 3. The molecular formula is C23H23N5O2. The largest absolute Gasteiger partial charge is 0.356 e. The van der Waals surface area contributed by atoms with Crippen LogP contribution in [0.15, 0.2) is 48.7 Å². The number of hydrogen-bond acceptors (Lipinski definition) is 5. The lowest BCUT2D eigenvalue weighted by atomic mass is 10.0. The molecule has 3 aliphatic rings. The molecular weight excluding hydrogens is 378 g/mol. The van der Waals surface area contributed by atoms with E-state index in [9.17, 15) is 9.59 Å². The van der Waals surface area contributed by atoms with Crippen molar-refractivity contribution in [1.82, 2.24) is 9.88 Å². The number of anilines is 2. The number of hydrogen-bond donors (Lipinski definition) is 0. The molecule has 3 atom stereocenters. The summed E-state index contributed by atoms with van der Waals surface area (Å²) in [5.74, 6) is 1.62. The molecule has 7 heteroatoms. The van der Waals surface area contributed by atoms with Crippen molar-refractivity contribution < 1.29 is 9.59 Å². The number of para-hydroxylation sites is 1. The van der Waals surface area contributed by atoms with Gasteiger partial charge in [-0.05, 0) is 24.3 Å². The minimum absolute atomic E-state index is 0.0250. The third kappa shape index (κ3) is 3.28. The SMILES string of the molecule is N#Cc1ccc(N2CC3CN(C(=O)C4CC(=O)N(c5ccccc5)C4)CC3C2)nc1. The van der Waals surface area contributed by atoms with Crippen LogP contribution < -0.4 is 9.80 Å². The Labute approximate surface area is 175 Å². The summed E-state index contributed by atoms with van der Waals surface area (Å²) in [5.41, 5.74) is 1.42. The predicted molar refractivity (Wildman–Crippen MR) is 112 cm³/mol. The molecule has 30 heavy (non-hydrogen) atoms. The fourth-order valence-corrected chi connectivity index (χ4v) is 4.99. The molecule has 4 heterocycles. The van der Waals surface area contributed by atoms with E-state index >= 15 is 0 Å². The van der Waals surface area contributed by atoms with Crippen LogP contribution in [0.2, 0.25) is 0 Å². The molecule has 3 aliphatic heterocycles. The molecule has 0 bridgehead atoms. The molecule has 0 radical (unpaired) electrons. The number of benzene rings is 1. The van der Waals surface area contributed by atoms with Gasteiger partial charge in [-0.2, -0.15) is 5.26 Å². The number of likely N-dealkylation sites (tertiary alicyclic amines) is 1. The summed E-state index contributed by atoms with van der Waals surface area (Å²) in [6.07, 6.45) is 1.90. The van der Waals surface area contributed by atoms with E-state index in [-0.39, 0.29) is 17.7 Å². The van der Waals surface area contributed by atoms with E-state index in [0.29, 0.717) is 30.4 Å². The summed E-state index contributed by atoms with van der Waals surface area (Å²) in [6.45, 7) is 3.69. The summed E-state index contributed by atoms with van der Waals surface area (Å²) in [4.78, 5) is 35.9. The first kappa shape index (κ1) is 18.6. The van der Waals surface area contributed by atoms with E-state index in [4.69, 9.17) is 5.26 Å². The van der Waals surface area contributed by atoms with Crippen LogP contribution in [-0.4, -0.2) is 54.4 Å². The second kappa shape index (κ2) is 7.45. The van der Waals surface area contributed by atoms with Crippen LogP contribution in [-0.2, 0) is 9.59 Å². The van der Waals surface area contributed by atoms with Crippen LogP contribution in [0.25, 0.3) is 0 Å². The van der Waals surface area contributed by atoms with Gasteiger partial charge < -0.3 is 14.7 Å². The normalized spacial score (nSPS) is 25.5. The number of nitrogens with zero attached hydrogens (tertiary/aromatic N) is 5. The molecule has 0 spiro atoms. The molecule has 0 aliphatic carbocycles. The van der Waals surface area contributed by atoms with E-state index in [1.807, 2.05) is 41.3 Å². The van der Waals surface area contributed by atoms with Gasteiger partial charge in [0.25, 0.3) is 0 Å². The van der Waals surface area contributed by atoms with Crippen molar-refractivity contribution >= 4 is 23.3 Å². The number of fused-ring (bicyclic) bond motifs is 1. The summed E-state index contributed by atoms with van der Waals surface area (Å²) < 4.78 is 0. The highest BCUT2D eigenvalue weighted by Gasteiger charge is 2.45. The number of aromatic nitrogens is 1. The smallest absolute Gasteiger partial charge is 0.228 e. The van der Waals surface area contributed by atoms with Gasteiger partial charge in [-0.15, -0.1) is 0 Å². The third-order valence-electron chi connectivity index (χ3n) is 6.54. The Morgan fingerprint density at radius 2 is 1.73 bits per heavy atom. The molecule has 5 rings (SSSR count). The Morgan fingerprint density at radius 1 is 1.00 bits per heavy atom. The van der Waals surface area contributed by atoms with Crippen LogP contribution in [0, 0.1) is 29.1 Å². The van der Waals surface area contributed by atoms with Gasteiger partial charge in [-0.3, -0.25) is 9.59 Å². The van der Waals surface area contributed by atoms with Gasteiger partial charge >= 0.3 is 0 Å². The first-order valence-corrected chi connectivity index (χ1v) is 10.4. The lowest BCUT2D eigenvalue weighted by Gasteiger charge is -2.24. The van der Waals surface area contributed by atoms with Gasteiger partial charge in [0, 0.05) is 62.9 Å². The highest BCUT2D eigenvalue weighted by Crippen LogP contribution is 2.35. The second-order valence-corrected chi connectivity index (χ2v) is 8.43. The molecule has 2 aromatic rings. The van der Waals surface area contributed by atoms with E-state index in [2.05, 4.69) is 16.0 Å². The number of pyridine rings is 1. The van der Waals surface area contributed by atoms with Gasteiger partial charge in [-0.1, -0.05) is 18.2 Å². The maximum atomic E-state index is 13.1. The average Bonchev–Trinajstić information content (AvgIpc) is 3.47. The molecule has 3 unspecified atom stereocenters. The quantitative estimate of drug-likeness (QED) is 0.785. The lowest BCUT2D eigenvalue weighted by Crippen LogP contribution is -2.38. The van der Waals surface area contributed by atoms with Crippen LogP contribution in [0.4, 0.5) is 11.5 Å². The Bertz CT molecular complexity index is 987. The monoisotopic (exact) mass is 401 g/mol. The maximum Gasteiger partial charge on any atom is 0.228 e. The first-order chi connectivity index (χ1) is 14.6. The zero-order valence-corrected chi connectivity index (χ0v) is 16.6. The molecule has 1 aromatic carbocycles. The van der Waals surface area contributed by atoms with E-state index in [0.717, 1.165) is 37.7 Å². The van der Waals surface area contributed by atoms with Crippen molar-refractivity contribution in [2.75, 3.05) is 42.5 Å². The molecule has 7 nitrogen and oxygen atoms in total. The highest BCUT2D eigenvalue weighted by molar-refractivity contribution is 6.00. The lowest BCUT2D eigenvalue weighted by molar-refractivity contribution is -0.135. The van der Waals surface area contributed by atoms with E-state index in [1.54, 1.807) is 17.2 Å². The van der Waals surface area contributed by atoms with Gasteiger partial charge in [0.1, 0.15) is 11.9 Å². The topological polar surface area (TPSA) is 80.5 Å². The van der Waals surface area contributed by atoms with Crippen molar-refractivity contribution in [2.24, 2.45) is 17.8 Å². The van der Waals surface area contributed by atoms with Crippen LogP contribution in [0.1, 0.15) is 12.0 Å². The van der Waals surface area contributed by atoms with Crippen molar-refractivity contribution in [3.8, 4) is 6.07 Å². The summed E-state index contributed by atoms with van der Waals surface area (Å²) in [5, 5.41) is 8.93. The maximum absolute atomic E-state index is 13.1. The average molecular weight is 401 g/mol. The van der Waals surface area contributed by atoms with E-state index in [1.165, 1.54) is 0 Å². The number of amides is 2. The Balaban J connectivity index is 1.20. The first-order valence-electron chi connectivity index (χ1n) is 10.4. The predicted octanol–water partition coefficient (Wildman–Crippen LogP) is 1.90. The van der Waals surface area contributed by atoms with Gasteiger partial charge in [0.15, 0.2) is 0 Å². The summed E-state index contributed by atoms with van der Waals surface area (Å²) >= 11 is 0. The van der Waals surface area contributed by atoms with Crippen LogP contribution >= 0.6 is 0 Å². The van der Waals surface area contributed by atoms with E-state index < -0.39 is 0 Å². The van der Waals surface area contributed by atoms with Crippen molar-refractivity contribution in [2.45, 2.75) is 6.42 Å². The van der Waals surface area contributed by atoms with Crippen molar-refractivity contribution in [3.63, 3.8) is 0 Å². The third-order valence-corrected chi connectivity index (χ3v) is 6.54. The highest BCUT2D eigenvalue weighted by atomic mass is 16.2. The Kier molecular flexibility index (Phi) is 4.62. The zero-order valence-electron chi connectivity index (χ0n) is 16.6. The standard InChI is InChI=1S/C23H23N5O2/c24-9-16-6-7-21(25-10-16)26-11-18-13-27(14-19(18)12-26)23(30)17-8-22(29)28(15-17)20-4-2-1-3-5-20/h1-7,10,17-19H,8,11-15H2. The van der Waals surface area contributed by atoms with Crippen LogP contribution in [0.3, 0.4) is 0 Å². The minimum Gasteiger partial charge on any atom is -0.356 e. The van der Waals surface area contributed by atoms with Gasteiger partial charge in [-0.25, -0.2) is 4.98 Å². The van der Waals surface area contributed by atoms with Crippen LogP contribution in [0.5, 0.6) is 0 Å². The molecule has 0 saturated carbocycles. The molecule has 0 N–H and O–H groups in total. The number of nitriles is 1. The number of carbonyl (C=O) groups is 2. The summed E-state index contributed by atoms with van der Waals surface area (Å²) in [6, 6.07) is 15.4. The Hall–Kier alpha value is -3.40. The summed E-state index contributed by atoms with van der Waals surface area (Å²) in [7, 11) is 0. The fraction of sp³-hybridized carbons (Fsp3) is 0.391. The zero-order chi connectivity index (χ0) is 20.7. The number of carbonyl (C=O) groups excluding carboxylic acids is 2. The molecule has 2 amide bonds. The van der Waals surface area contributed by atoms with Gasteiger partial charge in [0.2, 0.25) is 11.8 Å². The second-order valence-electron chi connectivity index (χ2n) is 8.43.